The number of carbonyl (C=O) groups excluding carboxylic acids is 2. The van der Waals surface area contributed by atoms with Gasteiger partial charge < -0.3 is 15.5 Å². The molecule has 0 bridgehead atoms. The highest BCUT2D eigenvalue weighted by molar-refractivity contribution is 5.81. The molecular weight excluding hydrogens is 242 g/mol. The second-order valence-electron chi connectivity index (χ2n) is 5.18. The summed E-state index contributed by atoms with van der Waals surface area (Å²) in [5.41, 5.74) is 0. The Balaban J connectivity index is 2.36. The lowest BCUT2D eigenvalue weighted by atomic mass is 9.96. The highest BCUT2D eigenvalue weighted by Crippen LogP contribution is 2.17. The van der Waals surface area contributed by atoms with E-state index in [1.807, 2.05) is 18.9 Å². The van der Waals surface area contributed by atoms with E-state index >= 15 is 0 Å². The summed E-state index contributed by atoms with van der Waals surface area (Å²) in [4.78, 5) is 25.8. The Kier molecular flexibility index (Phi) is 7.48. The summed E-state index contributed by atoms with van der Waals surface area (Å²) in [5.74, 6) is 0.270. The normalized spacial score (nSPS) is 19.3. The molecule has 110 valence electrons. The quantitative estimate of drug-likeness (QED) is 0.671. The number of hydrogen-bond donors (Lipinski definition) is 2. The van der Waals surface area contributed by atoms with Crippen molar-refractivity contribution in [1.29, 1.82) is 0 Å². The van der Waals surface area contributed by atoms with E-state index in [-0.39, 0.29) is 17.7 Å². The van der Waals surface area contributed by atoms with Gasteiger partial charge in [-0.05, 0) is 39.3 Å². The van der Waals surface area contributed by atoms with Crippen LogP contribution in [0.25, 0.3) is 0 Å². The SMILES string of the molecule is CCCNC(=O)C1CCCN(C(=O)CCCNC)C1. The Labute approximate surface area is 116 Å². The van der Waals surface area contributed by atoms with Crippen molar-refractivity contribution in [1.82, 2.24) is 15.5 Å². The number of hydrogen-bond acceptors (Lipinski definition) is 3. The summed E-state index contributed by atoms with van der Waals surface area (Å²) in [6.45, 7) is 5.02. The number of nitrogens with one attached hydrogen (secondary N) is 2. The minimum atomic E-state index is -0.0199. The summed E-state index contributed by atoms with van der Waals surface area (Å²) >= 11 is 0. The number of rotatable bonds is 7. The maximum Gasteiger partial charge on any atom is 0.224 e. The fraction of sp³-hybridized carbons (Fsp3) is 0.857. The fourth-order valence-electron chi connectivity index (χ4n) is 2.38. The number of piperidine rings is 1. The van der Waals surface area contributed by atoms with E-state index in [0.29, 0.717) is 13.0 Å². The number of nitrogens with zero attached hydrogens (tertiary/aromatic N) is 1. The average Bonchev–Trinajstić information content (AvgIpc) is 2.45. The van der Waals surface area contributed by atoms with Gasteiger partial charge in [0, 0.05) is 26.1 Å². The first kappa shape index (κ1) is 16.0. The molecule has 2 amide bonds. The van der Waals surface area contributed by atoms with Crippen molar-refractivity contribution >= 4 is 11.8 Å². The van der Waals surface area contributed by atoms with Gasteiger partial charge in [-0.3, -0.25) is 9.59 Å². The standard InChI is InChI=1S/C14H27N3O2/c1-3-8-16-14(19)12-6-5-10-17(11-12)13(18)7-4-9-15-2/h12,15H,3-11H2,1-2H3,(H,16,19). The first-order chi connectivity index (χ1) is 9.19. The Morgan fingerprint density at radius 1 is 1.32 bits per heavy atom. The van der Waals surface area contributed by atoms with Crippen LogP contribution < -0.4 is 10.6 Å². The number of likely N-dealkylation sites (tertiary alicyclic amines) is 1. The Morgan fingerprint density at radius 2 is 2.11 bits per heavy atom. The minimum absolute atomic E-state index is 0.0199. The maximum atomic E-state index is 12.0. The molecule has 2 N–H and O–H groups in total. The average molecular weight is 269 g/mol. The van der Waals surface area contributed by atoms with E-state index in [1.165, 1.54) is 0 Å². The largest absolute Gasteiger partial charge is 0.356 e. The summed E-state index contributed by atoms with van der Waals surface area (Å²) in [7, 11) is 1.89. The summed E-state index contributed by atoms with van der Waals surface area (Å²) in [5, 5.41) is 5.97. The molecule has 0 aliphatic carbocycles. The predicted octanol–water partition coefficient (Wildman–Crippen LogP) is 0.751. The van der Waals surface area contributed by atoms with Crippen LogP contribution in [0.15, 0.2) is 0 Å². The second-order valence-corrected chi connectivity index (χ2v) is 5.18. The Bertz CT molecular complexity index is 294. The highest BCUT2D eigenvalue weighted by Gasteiger charge is 2.27. The van der Waals surface area contributed by atoms with Gasteiger partial charge in [0.2, 0.25) is 11.8 Å². The van der Waals surface area contributed by atoms with Crippen molar-refractivity contribution in [2.45, 2.75) is 39.0 Å². The Hall–Kier alpha value is -1.10. The van der Waals surface area contributed by atoms with E-state index in [4.69, 9.17) is 0 Å². The van der Waals surface area contributed by atoms with Crippen LogP contribution in [-0.2, 0) is 9.59 Å². The number of amides is 2. The van der Waals surface area contributed by atoms with Crippen LogP contribution in [-0.4, -0.2) is 49.9 Å². The van der Waals surface area contributed by atoms with Crippen LogP contribution >= 0.6 is 0 Å². The highest BCUT2D eigenvalue weighted by atomic mass is 16.2. The third kappa shape index (κ3) is 5.59. The molecule has 0 aromatic rings. The van der Waals surface area contributed by atoms with E-state index in [9.17, 15) is 9.59 Å². The first-order valence-corrected chi connectivity index (χ1v) is 7.39. The molecule has 0 spiro atoms. The molecule has 5 heteroatoms. The van der Waals surface area contributed by atoms with Gasteiger partial charge in [-0.15, -0.1) is 0 Å². The molecule has 1 rings (SSSR count). The van der Waals surface area contributed by atoms with Gasteiger partial charge in [-0.25, -0.2) is 0 Å². The van der Waals surface area contributed by atoms with Gasteiger partial charge >= 0.3 is 0 Å². The smallest absolute Gasteiger partial charge is 0.224 e. The van der Waals surface area contributed by atoms with E-state index < -0.39 is 0 Å². The molecule has 19 heavy (non-hydrogen) atoms. The fourth-order valence-corrected chi connectivity index (χ4v) is 2.38. The van der Waals surface area contributed by atoms with Gasteiger partial charge in [-0.2, -0.15) is 0 Å². The van der Waals surface area contributed by atoms with Crippen LogP contribution in [0.3, 0.4) is 0 Å². The monoisotopic (exact) mass is 269 g/mol. The lowest BCUT2D eigenvalue weighted by Gasteiger charge is -2.32. The summed E-state index contributed by atoms with van der Waals surface area (Å²) in [6.07, 6.45) is 4.21. The molecule has 1 heterocycles. The topological polar surface area (TPSA) is 61.4 Å². The van der Waals surface area contributed by atoms with Gasteiger partial charge in [0.15, 0.2) is 0 Å². The van der Waals surface area contributed by atoms with Crippen molar-refractivity contribution < 1.29 is 9.59 Å². The van der Waals surface area contributed by atoms with E-state index in [0.717, 1.165) is 45.3 Å². The van der Waals surface area contributed by atoms with Crippen LogP contribution in [0, 0.1) is 5.92 Å². The van der Waals surface area contributed by atoms with Gasteiger partial charge in [0.05, 0.1) is 5.92 Å². The molecule has 1 aliphatic heterocycles. The van der Waals surface area contributed by atoms with Crippen LogP contribution in [0.4, 0.5) is 0 Å². The summed E-state index contributed by atoms with van der Waals surface area (Å²) < 4.78 is 0. The first-order valence-electron chi connectivity index (χ1n) is 7.39. The van der Waals surface area contributed by atoms with Crippen molar-refractivity contribution in [3.63, 3.8) is 0 Å². The molecule has 1 atom stereocenters. The van der Waals surface area contributed by atoms with Gasteiger partial charge in [0.1, 0.15) is 0 Å². The van der Waals surface area contributed by atoms with Gasteiger partial charge in [0.25, 0.3) is 0 Å². The third-order valence-electron chi connectivity index (χ3n) is 3.51. The molecule has 5 nitrogen and oxygen atoms in total. The maximum absolute atomic E-state index is 12.0. The minimum Gasteiger partial charge on any atom is -0.356 e. The van der Waals surface area contributed by atoms with Crippen LogP contribution in [0.5, 0.6) is 0 Å². The zero-order valence-electron chi connectivity index (χ0n) is 12.2. The molecule has 0 radical (unpaired) electrons. The number of carbonyl (C=O) groups is 2. The van der Waals surface area contributed by atoms with Crippen molar-refractivity contribution in [2.24, 2.45) is 5.92 Å². The lowest BCUT2D eigenvalue weighted by molar-refractivity contribution is -0.135. The van der Waals surface area contributed by atoms with Crippen LogP contribution in [0.2, 0.25) is 0 Å². The summed E-state index contributed by atoms with van der Waals surface area (Å²) in [6, 6.07) is 0. The molecule has 1 fully saturated rings. The molecule has 0 saturated carbocycles. The molecule has 1 unspecified atom stereocenters. The molecule has 0 aromatic carbocycles. The Morgan fingerprint density at radius 3 is 2.79 bits per heavy atom. The van der Waals surface area contributed by atoms with Gasteiger partial charge in [-0.1, -0.05) is 6.92 Å². The van der Waals surface area contributed by atoms with E-state index in [1.54, 1.807) is 0 Å². The predicted molar refractivity (Wildman–Crippen MR) is 75.8 cm³/mol. The van der Waals surface area contributed by atoms with Crippen molar-refractivity contribution in [3.05, 3.63) is 0 Å². The van der Waals surface area contributed by atoms with Crippen molar-refractivity contribution in [3.8, 4) is 0 Å². The molecule has 1 saturated heterocycles. The molecular formula is C14H27N3O2. The van der Waals surface area contributed by atoms with Crippen LogP contribution in [0.1, 0.15) is 39.0 Å². The zero-order valence-corrected chi connectivity index (χ0v) is 12.2. The third-order valence-corrected chi connectivity index (χ3v) is 3.51. The lowest BCUT2D eigenvalue weighted by Crippen LogP contribution is -2.45. The van der Waals surface area contributed by atoms with Crippen molar-refractivity contribution in [2.75, 3.05) is 33.2 Å². The van der Waals surface area contributed by atoms with E-state index in [2.05, 4.69) is 10.6 Å². The zero-order chi connectivity index (χ0) is 14.1. The molecule has 0 aromatic heterocycles. The molecule has 1 aliphatic rings. The second kappa shape index (κ2) is 8.91.